The van der Waals surface area contributed by atoms with E-state index in [9.17, 15) is 16.8 Å². The van der Waals surface area contributed by atoms with Gasteiger partial charge in [-0.2, -0.15) is 17.0 Å². The molecule has 1 atom stereocenters. The number of nitrogens with zero attached hydrogens (tertiary/aromatic N) is 2. The standard InChI is InChI=1S/C13H21N3O4S2/c1-15(2)22(19,20)16-10-6-7-12(11-16)14-21(17,18)13-8-4-3-5-9-13/h3-5,8-9,12,14H,6-7,10-11H2,1-2H3. The zero-order chi connectivity index (χ0) is 16.4. The van der Waals surface area contributed by atoms with Gasteiger partial charge in [-0.1, -0.05) is 18.2 Å². The molecule has 0 spiro atoms. The fourth-order valence-corrected chi connectivity index (χ4v) is 4.84. The van der Waals surface area contributed by atoms with Crippen molar-refractivity contribution >= 4 is 20.2 Å². The number of rotatable bonds is 5. The third kappa shape index (κ3) is 3.85. The second-order valence-electron chi connectivity index (χ2n) is 5.42. The first kappa shape index (κ1) is 17.4. The van der Waals surface area contributed by atoms with Gasteiger partial charge in [0.25, 0.3) is 10.2 Å². The zero-order valence-corrected chi connectivity index (χ0v) is 14.3. The molecule has 0 bridgehead atoms. The maximum atomic E-state index is 12.3. The Balaban J connectivity index is 2.11. The van der Waals surface area contributed by atoms with Crippen LogP contribution in [0.3, 0.4) is 0 Å². The molecule has 1 aromatic carbocycles. The summed E-state index contributed by atoms with van der Waals surface area (Å²) in [5.41, 5.74) is 0. The lowest BCUT2D eigenvalue weighted by atomic mass is 10.1. The van der Waals surface area contributed by atoms with Crippen molar-refractivity contribution in [2.24, 2.45) is 0 Å². The lowest BCUT2D eigenvalue weighted by Gasteiger charge is -2.33. The van der Waals surface area contributed by atoms with Gasteiger partial charge in [0.1, 0.15) is 0 Å². The highest BCUT2D eigenvalue weighted by molar-refractivity contribution is 7.89. The number of hydrogen-bond donors (Lipinski definition) is 1. The molecule has 1 heterocycles. The Labute approximate surface area is 132 Å². The Morgan fingerprint density at radius 2 is 1.77 bits per heavy atom. The van der Waals surface area contributed by atoms with E-state index < -0.39 is 26.3 Å². The van der Waals surface area contributed by atoms with E-state index in [1.807, 2.05) is 0 Å². The Morgan fingerprint density at radius 3 is 2.36 bits per heavy atom. The monoisotopic (exact) mass is 347 g/mol. The normalized spacial score (nSPS) is 21.1. The molecular weight excluding hydrogens is 326 g/mol. The molecule has 0 saturated carbocycles. The van der Waals surface area contributed by atoms with Crippen LogP contribution in [-0.4, -0.2) is 58.7 Å². The van der Waals surface area contributed by atoms with Crippen LogP contribution >= 0.6 is 0 Å². The number of benzene rings is 1. The van der Waals surface area contributed by atoms with Crippen LogP contribution < -0.4 is 4.72 Å². The summed E-state index contributed by atoms with van der Waals surface area (Å²) in [5, 5.41) is 0. The largest absolute Gasteiger partial charge is 0.281 e. The van der Waals surface area contributed by atoms with Crippen molar-refractivity contribution in [1.82, 2.24) is 13.3 Å². The van der Waals surface area contributed by atoms with E-state index in [4.69, 9.17) is 0 Å². The van der Waals surface area contributed by atoms with Gasteiger partial charge in [0.2, 0.25) is 10.0 Å². The molecule has 7 nitrogen and oxygen atoms in total. The highest BCUT2D eigenvalue weighted by Gasteiger charge is 2.32. The Bertz CT molecular complexity index is 702. The van der Waals surface area contributed by atoms with Crippen molar-refractivity contribution < 1.29 is 16.8 Å². The molecule has 1 unspecified atom stereocenters. The summed E-state index contributed by atoms with van der Waals surface area (Å²) in [6.45, 7) is 0.552. The number of sulfonamides is 1. The Morgan fingerprint density at radius 1 is 1.14 bits per heavy atom. The highest BCUT2D eigenvalue weighted by atomic mass is 32.2. The number of hydrogen-bond acceptors (Lipinski definition) is 4. The average molecular weight is 347 g/mol. The van der Waals surface area contributed by atoms with Crippen molar-refractivity contribution in [3.63, 3.8) is 0 Å². The molecule has 2 rings (SSSR count). The molecule has 1 saturated heterocycles. The summed E-state index contributed by atoms with van der Waals surface area (Å²) in [5.74, 6) is 0. The van der Waals surface area contributed by atoms with E-state index in [-0.39, 0.29) is 11.4 Å². The number of piperidine rings is 1. The van der Waals surface area contributed by atoms with E-state index in [1.54, 1.807) is 18.2 Å². The molecule has 1 aliphatic heterocycles. The molecule has 1 fully saturated rings. The van der Waals surface area contributed by atoms with Gasteiger partial charge in [-0.25, -0.2) is 13.1 Å². The first-order chi connectivity index (χ1) is 10.2. The van der Waals surface area contributed by atoms with Gasteiger partial charge < -0.3 is 0 Å². The molecule has 0 aromatic heterocycles. The number of nitrogens with one attached hydrogen (secondary N) is 1. The van der Waals surface area contributed by atoms with Crippen LogP contribution in [0.1, 0.15) is 12.8 Å². The van der Waals surface area contributed by atoms with E-state index in [0.717, 1.165) is 4.31 Å². The van der Waals surface area contributed by atoms with Gasteiger partial charge in [-0.05, 0) is 25.0 Å². The molecule has 9 heteroatoms. The van der Waals surface area contributed by atoms with Crippen LogP contribution in [0.2, 0.25) is 0 Å². The molecule has 0 radical (unpaired) electrons. The average Bonchev–Trinajstić information content (AvgIpc) is 2.48. The minimum atomic E-state index is -3.63. The molecule has 124 valence electrons. The van der Waals surface area contributed by atoms with Crippen molar-refractivity contribution in [1.29, 1.82) is 0 Å². The smallest absolute Gasteiger partial charge is 0.207 e. The lowest BCUT2D eigenvalue weighted by molar-refractivity contribution is 0.288. The van der Waals surface area contributed by atoms with Gasteiger partial charge >= 0.3 is 0 Å². The van der Waals surface area contributed by atoms with Gasteiger partial charge in [0, 0.05) is 33.2 Å². The summed E-state index contributed by atoms with van der Waals surface area (Å²) in [7, 11) is -4.22. The highest BCUT2D eigenvalue weighted by Crippen LogP contribution is 2.17. The molecule has 22 heavy (non-hydrogen) atoms. The summed E-state index contributed by atoms with van der Waals surface area (Å²) >= 11 is 0. The lowest BCUT2D eigenvalue weighted by Crippen LogP contribution is -2.52. The molecule has 0 amide bonds. The minimum Gasteiger partial charge on any atom is -0.207 e. The van der Waals surface area contributed by atoms with E-state index >= 15 is 0 Å². The van der Waals surface area contributed by atoms with Crippen LogP contribution in [0.25, 0.3) is 0 Å². The van der Waals surface area contributed by atoms with Crippen molar-refractivity contribution in [3.8, 4) is 0 Å². The van der Waals surface area contributed by atoms with Gasteiger partial charge in [-0.3, -0.25) is 0 Å². The van der Waals surface area contributed by atoms with Gasteiger partial charge in [0.15, 0.2) is 0 Å². The third-order valence-electron chi connectivity index (χ3n) is 3.55. The summed E-state index contributed by atoms with van der Waals surface area (Å²) < 4.78 is 53.9. The summed E-state index contributed by atoms with van der Waals surface area (Å²) in [6, 6.07) is 7.65. The topological polar surface area (TPSA) is 86.8 Å². The Kier molecular flexibility index (Phi) is 5.23. The molecular formula is C13H21N3O4S2. The fourth-order valence-electron chi connectivity index (χ4n) is 2.37. The minimum absolute atomic E-state index is 0.145. The summed E-state index contributed by atoms with van der Waals surface area (Å²) in [4.78, 5) is 0.183. The zero-order valence-electron chi connectivity index (χ0n) is 12.6. The summed E-state index contributed by atoms with van der Waals surface area (Å²) in [6.07, 6.45) is 1.24. The maximum Gasteiger partial charge on any atom is 0.281 e. The van der Waals surface area contributed by atoms with Gasteiger partial charge in [-0.15, -0.1) is 0 Å². The fraction of sp³-hybridized carbons (Fsp3) is 0.538. The van der Waals surface area contributed by atoms with Crippen molar-refractivity contribution in [3.05, 3.63) is 30.3 Å². The molecule has 1 aromatic rings. The van der Waals surface area contributed by atoms with E-state index in [2.05, 4.69) is 4.72 Å². The van der Waals surface area contributed by atoms with E-state index in [1.165, 1.54) is 30.5 Å². The second kappa shape index (κ2) is 6.63. The van der Waals surface area contributed by atoms with E-state index in [0.29, 0.717) is 19.4 Å². The van der Waals surface area contributed by atoms with Crippen LogP contribution in [-0.2, 0) is 20.2 Å². The Hall–Kier alpha value is -1.00. The quantitative estimate of drug-likeness (QED) is 0.826. The second-order valence-corrected chi connectivity index (χ2v) is 9.28. The molecule has 1 N–H and O–H groups in total. The maximum absolute atomic E-state index is 12.3. The van der Waals surface area contributed by atoms with Crippen LogP contribution in [0.15, 0.2) is 35.2 Å². The predicted molar refractivity (Wildman–Crippen MR) is 84.0 cm³/mol. The van der Waals surface area contributed by atoms with Crippen molar-refractivity contribution in [2.45, 2.75) is 23.8 Å². The first-order valence-electron chi connectivity index (χ1n) is 6.98. The van der Waals surface area contributed by atoms with Crippen molar-refractivity contribution in [2.75, 3.05) is 27.2 Å². The molecule has 0 aliphatic carbocycles. The molecule has 1 aliphatic rings. The SMILES string of the molecule is CN(C)S(=O)(=O)N1CCCC(NS(=O)(=O)c2ccccc2)C1. The van der Waals surface area contributed by atoms with Crippen LogP contribution in [0.4, 0.5) is 0 Å². The predicted octanol–water partition coefficient (Wildman–Crippen LogP) is 0.236. The third-order valence-corrected chi connectivity index (χ3v) is 6.99. The first-order valence-corrected chi connectivity index (χ1v) is 9.86. The van der Waals surface area contributed by atoms with Crippen LogP contribution in [0, 0.1) is 0 Å². The van der Waals surface area contributed by atoms with Gasteiger partial charge in [0.05, 0.1) is 4.90 Å². The van der Waals surface area contributed by atoms with Crippen LogP contribution in [0.5, 0.6) is 0 Å².